The van der Waals surface area contributed by atoms with Crippen LogP contribution in [0, 0.1) is 5.92 Å². The SMILES string of the molecule is CC(C)NC(=O)C1CCN(Cc2cc(=O)oc3cc(Br)ccc23)CC1. The van der Waals surface area contributed by atoms with Crippen molar-refractivity contribution >= 4 is 32.8 Å². The number of halogens is 1. The van der Waals surface area contributed by atoms with E-state index in [-0.39, 0.29) is 23.5 Å². The van der Waals surface area contributed by atoms with Crippen LogP contribution in [0.2, 0.25) is 0 Å². The normalized spacial score (nSPS) is 16.5. The molecule has 1 aliphatic heterocycles. The largest absolute Gasteiger partial charge is 0.423 e. The lowest BCUT2D eigenvalue weighted by Crippen LogP contribution is -2.42. The Balaban J connectivity index is 1.69. The number of nitrogens with zero attached hydrogens (tertiary/aromatic N) is 1. The molecule has 25 heavy (non-hydrogen) atoms. The van der Waals surface area contributed by atoms with Gasteiger partial charge in [0.2, 0.25) is 5.91 Å². The van der Waals surface area contributed by atoms with E-state index in [1.165, 1.54) is 0 Å². The molecule has 2 heterocycles. The summed E-state index contributed by atoms with van der Waals surface area (Å²) in [7, 11) is 0. The van der Waals surface area contributed by atoms with E-state index in [0.717, 1.165) is 41.4 Å². The van der Waals surface area contributed by atoms with Crippen LogP contribution in [-0.2, 0) is 11.3 Å². The summed E-state index contributed by atoms with van der Waals surface area (Å²) in [5.41, 5.74) is 1.25. The van der Waals surface area contributed by atoms with Crippen molar-refractivity contribution in [1.29, 1.82) is 0 Å². The molecule has 0 spiro atoms. The van der Waals surface area contributed by atoms with Gasteiger partial charge in [-0.2, -0.15) is 0 Å². The highest BCUT2D eigenvalue weighted by Crippen LogP contribution is 2.24. The second-order valence-electron chi connectivity index (χ2n) is 6.94. The Morgan fingerprint density at radius 2 is 2.04 bits per heavy atom. The number of carbonyl (C=O) groups excluding carboxylic acids is 1. The van der Waals surface area contributed by atoms with Gasteiger partial charge in [-0.3, -0.25) is 9.69 Å². The minimum absolute atomic E-state index is 0.0900. The smallest absolute Gasteiger partial charge is 0.336 e. The molecule has 0 bridgehead atoms. The average Bonchev–Trinajstić information content (AvgIpc) is 2.54. The third-order valence-electron chi connectivity index (χ3n) is 4.58. The number of fused-ring (bicyclic) bond motifs is 1. The fourth-order valence-electron chi connectivity index (χ4n) is 3.33. The lowest BCUT2D eigenvalue weighted by molar-refractivity contribution is -0.127. The first-order valence-corrected chi connectivity index (χ1v) is 9.46. The zero-order chi connectivity index (χ0) is 18.0. The first-order valence-electron chi connectivity index (χ1n) is 8.67. The van der Waals surface area contributed by atoms with Crippen molar-refractivity contribution < 1.29 is 9.21 Å². The number of rotatable bonds is 4. The van der Waals surface area contributed by atoms with Crippen LogP contribution in [-0.4, -0.2) is 29.9 Å². The lowest BCUT2D eigenvalue weighted by atomic mass is 9.95. The fraction of sp³-hybridized carbons (Fsp3) is 0.474. The van der Waals surface area contributed by atoms with Crippen LogP contribution in [0.3, 0.4) is 0 Å². The first kappa shape index (κ1) is 18.1. The summed E-state index contributed by atoms with van der Waals surface area (Å²) in [4.78, 5) is 26.3. The molecule has 0 saturated carbocycles. The van der Waals surface area contributed by atoms with E-state index >= 15 is 0 Å². The summed E-state index contributed by atoms with van der Waals surface area (Å²) in [6.07, 6.45) is 1.70. The molecule has 1 N–H and O–H groups in total. The van der Waals surface area contributed by atoms with E-state index in [0.29, 0.717) is 12.1 Å². The third kappa shape index (κ3) is 4.50. The maximum absolute atomic E-state index is 12.1. The molecule has 1 fully saturated rings. The van der Waals surface area contributed by atoms with Gasteiger partial charge in [0.1, 0.15) is 5.58 Å². The van der Waals surface area contributed by atoms with Gasteiger partial charge in [-0.25, -0.2) is 4.79 Å². The van der Waals surface area contributed by atoms with Crippen LogP contribution in [0.1, 0.15) is 32.3 Å². The standard InChI is InChI=1S/C19H23BrN2O3/c1-12(2)21-19(24)13-5-7-22(8-6-13)11-14-9-18(23)25-17-10-15(20)3-4-16(14)17/h3-4,9-10,12-13H,5-8,11H2,1-2H3,(H,21,24). The summed E-state index contributed by atoms with van der Waals surface area (Å²) in [6, 6.07) is 7.51. The van der Waals surface area contributed by atoms with Gasteiger partial charge in [-0.05, 0) is 63.5 Å². The Kier molecular flexibility index (Phi) is 5.59. The van der Waals surface area contributed by atoms with Gasteiger partial charge in [0, 0.05) is 34.4 Å². The molecule has 1 aromatic heterocycles. The maximum Gasteiger partial charge on any atom is 0.336 e. The molecular formula is C19H23BrN2O3. The Morgan fingerprint density at radius 3 is 2.72 bits per heavy atom. The summed E-state index contributed by atoms with van der Waals surface area (Å²) in [6.45, 7) is 6.38. The van der Waals surface area contributed by atoms with Crippen LogP contribution in [0.15, 0.2) is 37.9 Å². The minimum Gasteiger partial charge on any atom is -0.423 e. The lowest BCUT2D eigenvalue weighted by Gasteiger charge is -2.31. The second kappa shape index (κ2) is 7.70. The van der Waals surface area contributed by atoms with Crippen molar-refractivity contribution in [2.45, 2.75) is 39.3 Å². The number of nitrogens with one attached hydrogen (secondary N) is 1. The number of piperidine rings is 1. The Hall–Kier alpha value is -1.66. The van der Waals surface area contributed by atoms with Gasteiger partial charge >= 0.3 is 5.63 Å². The van der Waals surface area contributed by atoms with Gasteiger partial charge in [0.25, 0.3) is 0 Å². The van der Waals surface area contributed by atoms with Gasteiger partial charge in [0.15, 0.2) is 0 Å². The molecule has 0 aliphatic carbocycles. The molecule has 1 amide bonds. The molecule has 6 heteroatoms. The highest BCUT2D eigenvalue weighted by molar-refractivity contribution is 9.10. The maximum atomic E-state index is 12.1. The summed E-state index contributed by atoms with van der Waals surface area (Å²) in [5, 5.41) is 3.96. The predicted molar refractivity (Wildman–Crippen MR) is 101 cm³/mol. The van der Waals surface area contributed by atoms with Crippen molar-refractivity contribution in [2.75, 3.05) is 13.1 Å². The molecule has 0 unspecified atom stereocenters. The fourth-order valence-corrected chi connectivity index (χ4v) is 3.67. The topological polar surface area (TPSA) is 62.6 Å². The summed E-state index contributed by atoms with van der Waals surface area (Å²) >= 11 is 3.41. The highest BCUT2D eigenvalue weighted by Gasteiger charge is 2.25. The molecule has 0 atom stereocenters. The molecule has 1 aromatic carbocycles. The molecule has 5 nitrogen and oxygen atoms in total. The summed E-state index contributed by atoms with van der Waals surface area (Å²) in [5.74, 6) is 0.248. The monoisotopic (exact) mass is 406 g/mol. The van der Waals surface area contributed by atoms with Crippen LogP contribution in [0.5, 0.6) is 0 Å². The van der Waals surface area contributed by atoms with Crippen LogP contribution in [0.4, 0.5) is 0 Å². The number of carbonyl (C=O) groups is 1. The summed E-state index contributed by atoms with van der Waals surface area (Å²) < 4.78 is 6.19. The zero-order valence-corrected chi connectivity index (χ0v) is 16.1. The Bertz CT molecular complexity index is 823. The van der Waals surface area contributed by atoms with Crippen LogP contribution in [0.25, 0.3) is 11.0 Å². The van der Waals surface area contributed by atoms with Gasteiger partial charge < -0.3 is 9.73 Å². The number of hydrogen-bond acceptors (Lipinski definition) is 4. The molecular weight excluding hydrogens is 384 g/mol. The molecule has 1 aliphatic rings. The van der Waals surface area contributed by atoms with Gasteiger partial charge in [0.05, 0.1) is 0 Å². The van der Waals surface area contributed by atoms with Gasteiger partial charge in [-0.15, -0.1) is 0 Å². The van der Waals surface area contributed by atoms with Crippen LogP contribution < -0.4 is 10.9 Å². The molecule has 1 saturated heterocycles. The highest BCUT2D eigenvalue weighted by atomic mass is 79.9. The molecule has 0 radical (unpaired) electrons. The van der Waals surface area contributed by atoms with Crippen molar-refractivity contribution in [2.24, 2.45) is 5.92 Å². The van der Waals surface area contributed by atoms with E-state index < -0.39 is 0 Å². The number of hydrogen-bond donors (Lipinski definition) is 1. The number of benzene rings is 1. The van der Waals surface area contributed by atoms with Crippen molar-refractivity contribution in [3.8, 4) is 0 Å². The molecule has 134 valence electrons. The van der Waals surface area contributed by atoms with Gasteiger partial charge in [-0.1, -0.05) is 15.9 Å². The van der Waals surface area contributed by atoms with E-state index in [1.54, 1.807) is 6.07 Å². The van der Waals surface area contributed by atoms with Crippen molar-refractivity contribution in [3.63, 3.8) is 0 Å². The van der Waals surface area contributed by atoms with E-state index in [9.17, 15) is 9.59 Å². The Labute approximate surface area is 155 Å². The predicted octanol–water partition coefficient (Wildman–Crippen LogP) is 3.29. The van der Waals surface area contributed by atoms with E-state index in [2.05, 4.69) is 26.1 Å². The van der Waals surface area contributed by atoms with Crippen molar-refractivity contribution in [3.05, 3.63) is 44.7 Å². The second-order valence-corrected chi connectivity index (χ2v) is 7.86. The van der Waals surface area contributed by atoms with E-state index in [1.807, 2.05) is 32.0 Å². The Morgan fingerprint density at radius 1 is 1.32 bits per heavy atom. The first-order chi connectivity index (χ1) is 11.9. The number of amides is 1. The molecule has 2 aromatic rings. The zero-order valence-electron chi connectivity index (χ0n) is 14.5. The van der Waals surface area contributed by atoms with Crippen molar-refractivity contribution in [1.82, 2.24) is 10.2 Å². The minimum atomic E-state index is -0.327. The number of likely N-dealkylation sites (tertiary alicyclic amines) is 1. The van der Waals surface area contributed by atoms with Crippen LogP contribution >= 0.6 is 15.9 Å². The third-order valence-corrected chi connectivity index (χ3v) is 5.07. The quantitative estimate of drug-likeness (QED) is 0.791. The van der Waals surface area contributed by atoms with E-state index in [4.69, 9.17) is 4.42 Å². The average molecular weight is 407 g/mol. The molecule has 3 rings (SSSR count).